The molecule has 2 heterocycles. The Hall–Kier alpha value is -1.87. The molecule has 3 nitrogen and oxygen atoms in total. The summed E-state index contributed by atoms with van der Waals surface area (Å²) in [4.78, 5) is 4.20. The summed E-state index contributed by atoms with van der Waals surface area (Å²) in [6.07, 6.45) is 3.36. The standard InChI is InChI=1S/C12H8ClN3/c13-10-7-14-12-6-11(15-16(12)8-10)9-4-2-1-3-5-9/h1-8H. The molecule has 0 amide bonds. The van der Waals surface area contributed by atoms with Gasteiger partial charge >= 0.3 is 0 Å². The molecule has 0 bridgehead atoms. The predicted molar refractivity (Wildman–Crippen MR) is 63.4 cm³/mol. The van der Waals surface area contributed by atoms with Crippen LogP contribution in [0.5, 0.6) is 0 Å². The van der Waals surface area contributed by atoms with Crippen molar-refractivity contribution in [1.82, 2.24) is 14.6 Å². The molecule has 0 aliphatic rings. The number of hydrogen-bond acceptors (Lipinski definition) is 2. The molecule has 0 atom stereocenters. The molecule has 16 heavy (non-hydrogen) atoms. The number of rotatable bonds is 1. The molecule has 3 rings (SSSR count). The van der Waals surface area contributed by atoms with E-state index in [2.05, 4.69) is 10.1 Å². The third kappa shape index (κ3) is 1.55. The second-order valence-electron chi connectivity index (χ2n) is 3.47. The normalized spacial score (nSPS) is 10.8. The second-order valence-corrected chi connectivity index (χ2v) is 3.91. The highest BCUT2D eigenvalue weighted by atomic mass is 35.5. The maximum Gasteiger partial charge on any atom is 0.155 e. The third-order valence-electron chi connectivity index (χ3n) is 2.35. The van der Waals surface area contributed by atoms with E-state index in [0.29, 0.717) is 5.02 Å². The molecule has 0 N–H and O–H groups in total. The van der Waals surface area contributed by atoms with Gasteiger partial charge in [-0.2, -0.15) is 5.10 Å². The summed E-state index contributed by atoms with van der Waals surface area (Å²) in [5, 5.41) is 4.99. The van der Waals surface area contributed by atoms with Crippen LogP contribution in [0.15, 0.2) is 48.8 Å². The summed E-state index contributed by atoms with van der Waals surface area (Å²) >= 11 is 5.85. The highest BCUT2D eigenvalue weighted by Crippen LogP contribution is 2.19. The van der Waals surface area contributed by atoms with E-state index in [1.165, 1.54) is 0 Å². The number of fused-ring (bicyclic) bond motifs is 1. The van der Waals surface area contributed by atoms with Crippen LogP contribution in [0.25, 0.3) is 16.9 Å². The van der Waals surface area contributed by atoms with E-state index in [-0.39, 0.29) is 0 Å². The molecule has 3 aromatic rings. The van der Waals surface area contributed by atoms with Crippen molar-refractivity contribution >= 4 is 17.2 Å². The minimum Gasteiger partial charge on any atom is -0.235 e. The fraction of sp³-hybridized carbons (Fsp3) is 0. The highest BCUT2D eigenvalue weighted by Gasteiger charge is 2.04. The molecule has 4 heteroatoms. The van der Waals surface area contributed by atoms with Crippen LogP contribution in [0.4, 0.5) is 0 Å². The SMILES string of the molecule is Clc1cnc2cc(-c3ccccc3)nn2c1. The molecule has 0 saturated carbocycles. The smallest absolute Gasteiger partial charge is 0.155 e. The summed E-state index contributed by atoms with van der Waals surface area (Å²) in [7, 11) is 0. The van der Waals surface area contributed by atoms with Gasteiger partial charge in [-0.05, 0) is 0 Å². The fourth-order valence-electron chi connectivity index (χ4n) is 1.60. The zero-order valence-corrected chi connectivity index (χ0v) is 9.09. The summed E-state index contributed by atoms with van der Waals surface area (Å²) in [6, 6.07) is 11.9. The quantitative estimate of drug-likeness (QED) is 0.642. The molecular formula is C12H8ClN3. The van der Waals surface area contributed by atoms with Crippen LogP contribution in [0.3, 0.4) is 0 Å². The second kappa shape index (κ2) is 3.61. The molecule has 2 aromatic heterocycles. The maximum absolute atomic E-state index is 5.85. The topological polar surface area (TPSA) is 30.2 Å². The van der Waals surface area contributed by atoms with Crippen LogP contribution in [0.2, 0.25) is 5.02 Å². The lowest BCUT2D eigenvalue weighted by Gasteiger charge is -1.93. The van der Waals surface area contributed by atoms with Gasteiger partial charge in [-0.3, -0.25) is 0 Å². The first-order valence-electron chi connectivity index (χ1n) is 4.89. The van der Waals surface area contributed by atoms with E-state index in [4.69, 9.17) is 11.6 Å². The zero-order chi connectivity index (χ0) is 11.0. The van der Waals surface area contributed by atoms with E-state index in [9.17, 15) is 0 Å². The van der Waals surface area contributed by atoms with Gasteiger partial charge in [0, 0.05) is 17.8 Å². The van der Waals surface area contributed by atoms with Gasteiger partial charge in [-0.15, -0.1) is 0 Å². The Bertz CT molecular complexity index is 631. The molecule has 0 saturated heterocycles. The molecule has 0 aliphatic carbocycles. The van der Waals surface area contributed by atoms with Gasteiger partial charge in [-0.1, -0.05) is 41.9 Å². The van der Waals surface area contributed by atoms with Crippen molar-refractivity contribution in [3.05, 3.63) is 53.8 Å². The molecular weight excluding hydrogens is 222 g/mol. The van der Waals surface area contributed by atoms with Gasteiger partial charge < -0.3 is 0 Å². The fourth-order valence-corrected chi connectivity index (χ4v) is 1.75. The van der Waals surface area contributed by atoms with Crippen LogP contribution < -0.4 is 0 Å². The summed E-state index contributed by atoms with van der Waals surface area (Å²) < 4.78 is 1.69. The van der Waals surface area contributed by atoms with Gasteiger partial charge in [0.2, 0.25) is 0 Å². The van der Waals surface area contributed by atoms with Crippen molar-refractivity contribution < 1.29 is 0 Å². The minimum absolute atomic E-state index is 0.579. The van der Waals surface area contributed by atoms with Crippen molar-refractivity contribution in [1.29, 1.82) is 0 Å². The third-order valence-corrected chi connectivity index (χ3v) is 2.55. The Morgan fingerprint density at radius 2 is 1.94 bits per heavy atom. The van der Waals surface area contributed by atoms with Crippen LogP contribution in [-0.4, -0.2) is 14.6 Å². The lowest BCUT2D eigenvalue weighted by molar-refractivity contribution is 0.943. The number of benzene rings is 1. The van der Waals surface area contributed by atoms with E-state index >= 15 is 0 Å². The Morgan fingerprint density at radius 1 is 1.12 bits per heavy atom. The minimum atomic E-state index is 0.579. The predicted octanol–water partition coefficient (Wildman–Crippen LogP) is 3.05. The van der Waals surface area contributed by atoms with Gasteiger partial charge in [0.15, 0.2) is 5.65 Å². The molecule has 0 spiro atoms. The first-order chi connectivity index (χ1) is 7.83. The highest BCUT2D eigenvalue weighted by molar-refractivity contribution is 6.30. The van der Waals surface area contributed by atoms with E-state index < -0.39 is 0 Å². The van der Waals surface area contributed by atoms with Gasteiger partial charge in [0.1, 0.15) is 0 Å². The Balaban J connectivity index is 2.19. The molecule has 0 radical (unpaired) electrons. The van der Waals surface area contributed by atoms with Crippen molar-refractivity contribution in [2.75, 3.05) is 0 Å². The van der Waals surface area contributed by atoms with Crippen molar-refractivity contribution in [2.24, 2.45) is 0 Å². The number of halogens is 1. The summed E-state index contributed by atoms with van der Waals surface area (Å²) in [5.74, 6) is 0. The first kappa shape index (κ1) is 9.36. The first-order valence-corrected chi connectivity index (χ1v) is 5.27. The van der Waals surface area contributed by atoms with Crippen LogP contribution >= 0.6 is 11.6 Å². The summed E-state index contributed by atoms with van der Waals surface area (Å²) in [6.45, 7) is 0. The van der Waals surface area contributed by atoms with Gasteiger partial charge in [-0.25, -0.2) is 9.50 Å². The number of hydrogen-bond donors (Lipinski definition) is 0. The Morgan fingerprint density at radius 3 is 2.75 bits per heavy atom. The lowest BCUT2D eigenvalue weighted by atomic mass is 10.2. The van der Waals surface area contributed by atoms with E-state index in [1.54, 1.807) is 16.9 Å². The maximum atomic E-state index is 5.85. The van der Waals surface area contributed by atoms with Gasteiger partial charge in [0.25, 0.3) is 0 Å². The van der Waals surface area contributed by atoms with Crippen LogP contribution in [0, 0.1) is 0 Å². The molecule has 0 unspecified atom stereocenters. The van der Waals surface area contributed by atoms with Crippen LogP contribution in [-0.2, 0) is 0 Å². The van der Waals surface area contributed by atoms with Crippen LogP contribution in [0.1, 0.15) is 0 Å². The van der Waals surface area contributed by atoms with Crippen molar-refractivity contribution in [2.45, 2.75) is 0 Å². The molecule has 0 fully saturated rings. The molecule has 1 aromatic carbocycles. The van der Waals surface area contributed by atoms with E-state index in [1.807, 2.05) is 36.4 Å². The van der Waals surface area contributed by atoms with E-state index in [0.717, 1.165) is 16.9 Å². The molecule has 78 valence electrons. The summed E-state index contributed by atoms with van der Waals surface area (Å²) in [5.41, 5.74) is 2.77. The number of aromatic nitrogens is 3. The average Bonchev–Trinajstić information content (AvgIpc) is 2.73. The monoisotopic (exact) mass is 229 g/mol. The molecule has 0 aliphatic heterocycles. The van der Waals surface area contributed by atoms with Gasteiger partial charge in [0.05, 0.1) is 16.9 Å². The van der Waals surface area contributed by atoms with Crippen molar-refractivity contribution in [3.63, 3.8) is 0 Å². The number of nitrogens with zero attached hydrogens (tertiary/aromatic N) is 3. The lowest BCUT2D eigenvalue weighted by Crippen LogP contribution is -1.88. The Labute approximate surface area is 97.3 Å². The van der Waals surface area contributed by atoms with Crippen molar-refractivity contribution in [3.8, 4) is 11.3 Å². The average molecular weight is 230 g/mol. The zero-order valence-electron chi connectivity index (χ0n) is 8.34. The Kier molecular flexibility index (Phi) is 2.11. The largest absolute Gasteiger partial charge is 0.235 e.